The summed E-state index contributed by atoms with van der Waals surface area (Å²) in [6, 6.07) is 3.00. The molecule has 0 unspecified atom stereocenters. The fourth-order valence-electron chi connectivity index (χ4n) is 1.31. The number of carboxylic acid groups (broad SMARTS) is 2. The molecule has 104 valence electrons. The Balaban J connectivity index is 3.21. The minimum Gasteiger partial charge on any atom is -0.478 e. The van der Waals surface area contributed by atoms with Crippen molar-refractivity contribution < 1.29 is 28.2 Å². The van der Waals surface area contributed by atoms with Gasteiger partial charge in [0, 0.05) is 6.54 Å². The highest BCUT2D eigenvalue weighted by Crippen LogP contribution is 2.16. The van der Waals surface area contributed by atoms with Crippen LogP contribution in [0.15, 0.2) is 18.2 Å². The lowest BCUT2D eigenvalue weighted by Gasteiger charge is -2.09. The van der Waals surface area contributed by atoms with Crippen LogP contribution in [0.4, 0.5) is 5.69 Å². The maximum atomic E-state index is 11.4. The molecule has 0 fully saturated rings. The molecule has 0 saturated heterocycles. The van der Waals surface area contributed by atoms with Crippen molar-refractivity contribution in [2.75, 3.05) is 11.3 Å². The summed E-state index contributed by atoms with van der Waals surface area (Å²) < 4.78 is 27.1. The second kappa shape index (κ2) is 5.67. The Kier molecular flexibility index (Phi) is 4.46. The third kappa shape index (κ3) is 4.23. The van der Waals surface area contributed by atoms with Crippen LogP contribution in [0.25, 0.3) is 0 Å². The third-order valence-electron chi connectivity index (χ3n) is 2.01. The van der Waals surface area contributed by atoms with E-state index < -0.39 is 22.1 Å². The summed E-state index contributed by atoms with van der Waals surface area (Å²) in [5.41, 5.74) is -0.790. The quantitative estimate of drug-likeness (QED) is 0.597. The molecule has 0 aliphatic rings. The number of hydrogen-bond donors (Lipinski definition) is 4. The highest BCUT2D eigenvalue weighted by atomic mass is 32.2. The van der Waals surface area contributed by atoms with Crippen LogP contribution in [0, 0.1) is 0 Å². The first-order valence-electron chi connectivity index (χ1n) is 5.14. The van der Waals surface area contributed by atoms with Crippen LogP contribution in [0.1, 0.15) is 27.6 Å². The second-order valence-electron chi connectivity index (χ2n) is 3.51. The van der Waals surface area contributed by atoms with Crippen LogP contribution in [-0.4, -0.2) is 37.1 Å². The summed E-state index contributed by atoms with van der Waals surface area (Å²) in [4.78, 5) is 21.7. The van der Waals surface area contributed by atoms with E-state index in [9.17, 15) is 18.0 Å². The van der Waals surface area contributed by atoms with Crippen molar-refractivity contribution in [1.82, 2.24) is 4.72 Å². The van der Waals surface area contributed by atoms with Crippen LogP contribution in [-0.2, 0) is 10.2 Å². The lowest BCUT2D eigenvalue weighted by atomic mass is 10.1. The van der Waals surface area contributed by atoms with Gasteiger partial charge >= 0.3 is 11.9 Å². The molecular formula is C10H12N2O6S. The number of benzene rings is 1. The molecular weight excluding hydrogens is 276 g/mol. The first-order valence-corrected chi connectivity index (χ1v) is 6.62. The van der Waals surface area contributed by atoms with Gasteiger partial charge in [-0.25, -0.2) is 9.59 Å². The molecule has 8 nitrogen and oxygen atoms in total. The molecule has 0 bridgehead atoms. The Morgan fingerprint density at radius 1 is 1.11 bits per heavy atom. The van der Waals surface area contributed by atoms with E-state index in [1.165, 1.54) is 0 Å². The van der Waals surface area contributed by atoms with Gasteiger partial charge in [-0.2, -0.15) is 13.1 Å². The van der Waals surface area contributed by atoms with Crippen LogP contribution >= 0.6 is 0 Å². The predicted octanol–water partition coefficient (Wildman–Crippen LogP) is 0.349. The van der Waals surface area contributed by atoms with Crippen molar-refractivity contribution in [1.29, 1.82) is 0 Å². The molecule has 0 amide bonds. The molecule has 0 radical (unpaired) electrons. The minimum absolute atomic E-state index is 0.139. The van der Waals surface area contributed by atoms with E-state index in [1.807, 2.05) is 4.72 Å². The lowest BCUT2D eigenvalue weighted by molar-refractivity contribution is 0.0696. The normalized spacial score (nSPS) is 11.0. The van der Waals surface area contributed by atoms with Gasteiger partial charge in [-0.05, 0) is 18.2 Å². The molecule has 0 spiro atoms. The number of hydrogen-bond acceptors (Lipinski definition) is 4. The molecule has 0 saturated carbocycles. The molecule has 19 heavy (non-hydrogen) atoms. The maximum Gasteiger partial charge on any atom is 0.335 e. The highest BCUT2D eigenvalue weighted by molar-refractivity contribution is 7.90. The summed E-state index contributed by atoms with van der Waals surface area (Å²) in [7, 11) is -3.86. The van der Waals surface area contributed by atoms with Gasteiger partial charge in [-0.3, -0.25) is 4.72 Å². The van der Waals surface area contributed by atoms with Crippen LogP contribution in [0.2, 0.25) is 0 Å². The standard InChI is InChI=1S/C10H12N2O6S/c1-2-11-19(17,18)12-8-4-6(9(13)14)3-7(5-8)10(15)16/h3-5,11-12H,2H2,1H3,(H,13,14)(H,15,16). The third-order valence-corrected chi connectivity index (χ3v) is 3.19. The Morgan fingerprint density at radius 2 is 1.58 bits per heavy atom. The topological polar surface area (TPSA) is 133 Å². The number of anilines is 1. The van der Waals surface area contributed by atoms with E-state index in [-0.39, 0.29) is 23.4 Å². The Bertz CT molecular complexity index is 578. The number of carbonyl (C=O) groups is 2. The zero-order valence-corrected chi connectivity index (χ0v) is 10.7. The average molecular weight is 288 g/mol. The smallest absolute Gasteiger partial charge is 0.335 e. The maximum absolute atomic E-state index is 11.4. The molecule has 0 atom stereocenters. The molecule has 0 heterocycles. The van der Waals surface area contributed by atoms with Gasteiger partial charge in [0.1, 0.15) is 0 Å². The summed E-state index contributed by atoms with van der Waals surface area (Å²) >= 11 is 0. The van der Waals surface area contributed by atoms with E-state index in [4.69, 9.17) is 10.2 Å². The van der Waals surface area contributed by atoms with Crippen molar-refractivity contribution in [3.63, 3.8) is 0 Å². The van der Waals surface area contributed by atoms with Gasteiger partial charge in [0.25, 0.3) is 10.2 Å². The Morgan fingerprint density at radius 3 is 1.95 bits per heavy atom. The SMILES string of the molecule is CCNS(=O)(=O)Nc1cc(C(=O)O)cc(C(=O)O)c1. The average Bonchev–Trinajstić information content (AvgIpc) is 2.27. The molecule has 1 rings (SSSR count). The Hall–Kier alpha value is -2.13. The van der Waals surface area contributed by atoms with Crippen molar-refractivity contribution in [3.8, 4) is 0 Å². The highest BCUT2D eigenvalue weighted by Gasteiger charge is 2.14. The van der Waals surface area contributed by atoms with Gasteiger partial charge in [0.2, 0.25) is 0 Å². The predicted molar refractivity (Wildman–Crippen MR) is 66.6 cm³/mol. The van der Waals surface area contributed by atoms with Crippen LogP contribution in [0.5, 0.6) is 0 Å². The van der Waals surface area contributed by atoms with E-state index in [1.54, 1.807) is 6.92 Å². The summed E-state index contributed by atoms with van der Waals surface area (Å²) in [5.74, 6) is -2.71. The van der Waals surface area contributed by atoms with E-state index in [0.29, 0.717) is 0 Å². The fourth-order valence-corrected chi connectivity index (χ4v) is 2.20. The first-order chi connectivity index (χ1) is 8.75. The van der Waals surface area contributed by atoms with Gasteiger partial charge in [0.05, 0.1) is 16.8 Å². The van der Waals surface area contributed by atoms with Crippen LogP contribution < -0.4 is 9.44 Å². The second-order valence-corrected chi connectivity index (χ2v) is 5.01. The van der Waals surface area contributed by atoms with Crippen molar-refractivity contribution in [2.24, 2.45) is 0 Å². The first kappa shape index (κ1) is 14.9. The molecule has 9 heteroatoms. The van der Waals surface area contributed by atoms with Crippen molar-refractivity contribution in [3.05, 3.63) is 29.3 Å². The molecule has 0 aromatic heterocycles. The largest absolute Gasteiger partial charge is 0.478 e. The number of carboxylic acids is 2. The molecule has 1 aromatic rings. The monoisotopic (exact) mass is 288 g/mol. The fraction of sp³-hybridized carbons (Fsp3) is 0.200. The van der Waals surface area contributed by atoms with Crippen LogP contribution in [0.3, 0.4) is 0 Å². The summed E-state index contributed by atoms with van der Waals surface area (Å²) in [6.07, 6.45) is 0. The van der Waals surface area contributed by atoms with E-state index in [0.717, 1.165) is 18.2 Å². The van der Waals surface area contributed by atoms with Gasteiger partial charge < -0.3 is 10.2 Å². The molecule has 0 aliphatic carbocycles. The van der Waals surface area contributed by atoms with Crippen molar-refractivity contribution in [2.45, 2.75) is 6.92 Å². The zero-order valence-electron chi connectivity index (χ0n) is 9.87. The lowest BCUT2D eigenvalue weighted by Crippen LogP contribution is -2.29. The Labute approximate surface area is 109 Å². The van der Waals surface area contributed by atoms with Gasteiger partial charge in [-0.15, -0.1) is 0 Å². The summed E-state index contributed by atoms with van der Waals surface area (Å²) in [5, 5.41) is 17.7. The zero-order chi connectivity index (χ0) is 14.6. The van der Waals surface area contributed by atoms with E-state index >= 15 is 0 Å². The van der Waals surface area contributed by atoms with Gasteiger partial charge in [-0.1, -0.05) is 6.92 Å². The molecule has 4 N–H and O–H groups in total. The number of rotatable bonds is 6. The van der Waals surface area contributed by atoms with Crippen molar-refractivity contribution >= 4 is 27.8 Å². The molecule has 1 aromatic carbocycles. The number of aromatic carboxylic acids is 2. The summed E-state index contributed by atoms with van der Waals surface area (Å²) in [6.45, 7) is 1.70. The van der Waals surface area contributed by atoms with E-state index in [2.05, 4.69) is 4.72 Å². The minimum atomic E-state index is -3.86. The number of nitrogens with one attached hydrogen (secondary N) is 2. The molecule has 0 aliphatic heterocycles. The van der Waals surface area contributed by atoms with Gasteiger partial charge in [0.15, 0.2) is 0 Å².